The molecule has 0 bridgehead atoms. The Labute approximate surface area is 118 Å². The first kappa shape index (κ1) is 13.4. The van der Waals surface area contributed by atoms with Crippen molar-refractivity contribution in [1.29, 1.82) is 0 Å². The molecule has 2 atom stereocenters. The summed E-state index contributed by atoms with van der Waals surface area (Å²) in [6, 6.07) is 7.56. The van der Waals surface area contributed by atoms with Crippen molar-refractivity contribution < 1.29 is 14.6 Å². The molecular weight excluding hydrogens is 256 g/mol. The average Bonchev–Trinajstić information content (AvgIpc) is 2.48. The van der Waals surface area contributed by atoms with E-state index in [1.807, 2.05) is 24.3 Å². The third kappa shape index (κ3) is 2.39. The number of nitrogens with zero attached hydrogens (tertiary/aromatic N) is 1. The molecule has 1 aromatic rings. The van der Waals surface area contributed by atoms with E-state index in [4.69, 9.17) is 10.5 Å². The first-order valence-electron chi connectivity index (χ1n) is 7.10. The van der Waals surface area contributed by atoms with Crippen LogP contribution >= 0.6 is 0 Å². The first-order chi connectivity index (χ1) is 9.66. The largest absolute Gasteiger partial charge is 0.491 e. The van der Waals surface area contributed by atoms with Gasteiger partial charge in [-0.3, -0.25) is 9.69 Å². The number of piperidine rings is 1. The lowest BCUT2D eigenvalue weighted by atomic mass is 9.92. The van der Waals surface area contributed by atoms with Crippen molar-refractivity contribution in [2.24, 2.45) is 11.7 Å². The van der Waals surface area contributed by atoms with Gasteiger partial charge in [-0.05, 0) is 32.0 Å². The number of carbonyl (C=O) groups excluding carboxylic acids is 1. The molecule has 2 heterocycles. The van der Waals surface area contributed by atoms with E-state index in [-0.39, 0.29) is 17.9 Å². The van der Waals surface area contributed by atoms with Crippen LogP contribution in [-0.2, 0) is 4.79 Å². The molecule has 0 radical (unpaired) electrons. The molecule has 0 spiro atoms. The molecule has 0 aromatic heterocycles. The predicted molar refractivity (Wildman–Crippen MR) is 74.2 cm³/mol. The third-order valence-corrected chi connectivity index (χ3v) is 4.41. The maximum atomic E-state index is 11.2. The molecule has 1 amide bonds. The van der Waals surface area contributed by atoms with Crippen LogP contribution in [0.1, 0.15) is 24.5 Å². The number of para-hydroxylation sites is 1. The lowest BCUT2D eigenvalue weighted by Crippen LogP contribution is -2.50. The summed E-state index contributed by atoms with van der Waals surface area (Å²) < 4.78 is 5.74. The van der Waals surface area contributed by atoms with Crippen LogP contribution in [0.5, 0.6) is 5.75 Å². The monoisotopic (exact) mass is 276 g/mol. The molecule has 1 fully saturated rings. The minimum Gasteiger partial charge on any atom is -0.491 e. The van der Waals surface area contributed by atoms with E-state index in [0.29, 0.717) is 6.61 Å². The van der Waals surface area contributed by atoms with E-state index >= 15 is 0 Å². The van der Waals surface area contributed by atoms with Gasteiger partial charge < -0.3 is 15.6 Å². The zero-order valence-corrected chi connectivity index (χ0v) is 11.4. The molecule has 3 rings (SSSR count). The molecule has 1 saturated heterocycles. The molecule has 2 aliphatic heterocycles. The van der Waals surface area contributed by atoms with Crippen LogP contribution < -0.4 is 10.5 Å². The highest BCUT2D eigenvalue weighted by atomic mass is 16.5. The van der Waals surface area contributed by atoms with Gasteiger partial charge in [0.1, 0.15) is 18.5 Å². The fourth-order valence-corrected chi connectivity index (χ4v) is 3.15. The lowest BCUT2D eigenvalue weighted by molar-refractivity contribution is -0.123. The smallest absolute Gasteiger partial charge is 0.220 e. The van der Waals surface area contributed by atoms with E-state index < -0.39 is 6.10 Å². The van der Waals surface area contributed by atoms with Gasteiger partial charge in [0.25, 0.3) is 0 Å². The minimum atomic E-state index is -0.537. The number of ether oxygens (including phenoxy) is 1. The average molecular weight is 276 g/mol. The van der Waals surface area contributed by atoms with Crippen LogP contribution in [0.2, 0.25) is 0 Å². The van der Waals surface area contributed by atoms with Gasteiger partial charge in [-0.25, -0.2) is 0 Å². The van der Waals surface area contributed by atoms with Gasteiger partial charge in [-0.15, -0.1) is 0 Å². The number of fused-ring (bicyclic) bond motifs is 1. The summed E-state index contributed by atoms with van der Waals surface area (Å²) in [5, 5.41) is 10.5. The summed E-state index contributed by atoms with van der Waals surface area (Å²) in [4.78, 5) is 13.4. The molecule has 2 unspecified atom stereocenters. The molecule has 2 aliphatic rings. The third-order valence-electron chi connectivity index (χ3n) is 4.41. The number of benzene rings is 1. The number of carbonyl (C=O) groups is 1. The summed E-state index contributed by atoms with van der Waals surface area (Å²) in [6.07, 6.45) is 0.991. The Hall–Kier alpha value is -1.59. The van der Waals surface area contributed by atoms with E-state index in [2.05, 4.69) is 4.90 Å². The second-order valence-electron chi connectivity index (χ2n) is 5.57. The Kier molecular flexibility index (Phi) is 3.63. The van der Waals surface area contributed by atoms with Crippen molar-refractivity contribution in [3.63, 3.8) is 0 Å². The van der Waals surface area contributed by atoms with E-state index in [1.54, 1.807) is 0 Å². The van der Waals surface area contributed by atoms with Gasteiger partial charge in [0.2, 0.25) is 5.91 Å². The summed E-state index contributed by atoms with van der Waals surface area (Å²) in [5.41, 5.74) is 6.20. The van der Waals surface area contributed by atoms with Crippen LogP contribution in [0.4, 0.5) is 0 Å². The quantitative estimate of drug-likeness (QED) is 0.833. The second kappa shape index (κ2) is 5.42. The molecule has 0 saturated carbocycles. The van der Waals surface area contributed by atoms with Crippen LogP contribution in [0.15, 0.2) is 24.3 Å². The number of aliphatic hydroxyl groups excluding tert-OH is 1. The number of rotatable bonds is 2. The van der Waals surface area contributed by atoms with Crippen molar-refractivity contribution in [2.45, 2.75) is 25.0 Å². The minimum absolute atomic E-state index is 0.0276. The SMILES string of the molecule is NC(=O)C1CCN(C2COc3ccccc3C2O)CC1. The van der Waals surface area contributed by atoms with Crippen LogP contribution in [0, 0.1) is 5.92 Å². The number of hydrogen-bond donors (Lipinski definition) is 2. The highest BCUT2D eigenvalue weighted by molar-refractivity contribution is 5.76. The van der Waals surface area contributed by atoms with E-state index in [9.17, 15) is 9.90 Å². The number of aliphatic hydroxyl groups is 1. The molecule has 0 aliphatic carbocycles. The fourth-order valence-electron chi connectivity index (χ4n) is 3.15. The summed E-state index contributed by atoms with van der Waals surface area (Å²) in [5.74, 6) is 0.527. The molecule has 3 N–H and O–H groups in total. The highest BCUT2D eigenvalue weighted by Gasteiger charge is 2.36. The van der Waals surface area contributed by atoms with Gasteiger partial charge in [0, 0.05) is 11.5 Å². The Morgan fingerprint density at radius 2 is 2.00 bits per heavy atom. The highest BCUT2D eigenvalue weighted by Crippen LogP contribution is 2.35. The Morgan fingerprint density at radius 3 is 2.70 bits per heavy atom. The van der Waals surface area contributed by atoms with E-state index in [0.717, 1.165) is 37.2 Å². The van der Waals surface area contributed by atoms with Crippen LogP contribution in [-0.4, -0.2) is 41.7 Å². The summed E-state index contributed by atoms with van der Waals surface area (Å²) in [7, 11) is 0. The van der Waals surface area contributed by atoms with Crippen molar-refractivity contribution in [3.05, 3.63) is 29.8 Å². The predicted octanol–water partition coefficient (Wildman–Crippen LogP) is 0.678. The summed E-state index contributed by atoms with van der Waals surface area (Å²) >= 11 is 0. The van der Waals surface area contributed by atoms with Crippen LogP contribution in [0.25, 0.3) is 0 Å². The van der Waals surface area contributed by atoms with Crippen molar-refractivity contribution in [1.82, 2.24) is 4.90 Å². The number of amides is 1. The number of likely N-dealkylation sites (tertiary alicyclic amines) is 1. The molecular formula is C15H20N2O3. The summed E-state index contributed by atoms with van der Waals surface area (Å²) in [6.45, 7) is 2.04. The standard InChI is InChI=1S/C15H20N2O3/c16-15(19)10-5-7-17(8-6-10)12-9-20-13-4-2-1-3-11(13)14(12)18/h1-4,10,12,14,18H,5-9H2,(H2,16,19). The van der Waals surface area contributed by atoms with Gasteiger partial charge >= 0.3 is 0 Å². The van der Waals surface area contributed by atoms with Gasteiger partial charge in [-0.2, -0.15) is 0 Å². The molecule has 5 nitrogen and oxygen atoms in total. The van der Waals surface area contributed by atoms with Crippen molar-refractivity contribution in [3.8, 4) is 5.75 Å². The normalized spacial score (nSPS) is 27.6. The van der Waals surface area contributed by atoms with Crippen molar-refractivity contribution in [2.75, 3.05) is 19.7 Å². The fraction of sp³-hybridized carbons (Fsp3) is 0.533. The molecule has 20 heavy (non-hydrogen) atoms. The maximum Gasteiger partial charge on any atom is 0.220 e. The van der Waals surface area contributed by atoms with Gasteiger partial charge in [0.05, 0.1) is 6.04 Å². The zero-order chi connectivity index (χ0) is 14.1. The first-order valence-corrected chi connectivity index (χ1v) is 7.10. The van der Waals surface area contributed by atoms with Gasteiger partial charge in [-0.1, -0.05) is 18.2 Å². The van der Waals surface area contributed by atoms with E-state index in [1.165, 1.54) is 0 Å². The molecule has 108 valence electrons. The topological polar surface area (TPSA) is 75.8 Å². The Morgan fingerprint density at radius 1 is 1.30 bits per heavy atom. The lowest BCUT2D eigenvalue weighted by Gasteiger charge is -2.41. The Balaban J connectivity index is 1.69. The van der Waals surface area contributed by atoms with Crippen LogP contribution in [0.3, 0.4) is 0 Å². The zero-order valence-electron chi connectivity index (χ0n) is 11.4. The number of primary amides is 1. The van der Waals surface area contributed by atoms with Crippen molar-refractivity contribution >= 4 is 5.91 Å². The number of hydrogen-bond acceptors (Lipinski definition) is 4. The molecule has 1 aromatic carbocycles. The second-order valence-corrected chi connectivity index (χ2v) is 5.57. The molecule has 5 heteroatoms. The Bertz CT molecular complexity index is 498. The maximum absolute atomic E-state index is 11.2. The van der Waals surface area contributed by atoms with Gasteiger partial charge in [0.15, 0.2) is 0 Å². The number of nitrogens with two attached hydrogens (primary N) is 1.